The van der Waals surface area contributed by atoms with Gasteiger partial charge in [-0.05, 0) is 12.5 Å². The quantitative estimate of drug-likeness (QED) is 0.862. The Morgan fingerprint density at radius 1 is 1.29 bits per heavy atom. The summed E-state index contributed by atoms with van der Waals surface area (Å²) in [5.74, 6) is 0. The molecular formula is C15H17ClN2O3. The summed E-state index contributed by atoms with van der Waals surface area (Å²) in [5.41, 5.74) is 0.769. The van der Waals surface area contributed by atoms with Gasteiger partial charge in [-0.25, -0.2) is 9.36 Å². The second-order valence-corrected chi connectivity index (χ2v) is 5.05. The monoisotopic (exact) mass is 308 g/mol. The smallest absolute Gasteiger partial charge is 0.334 e. The van der Waals surface area contributed by atoms with Crippen LogP contribution in [0.15, 0.2) is 33.9 Å². The van der Waals surface area contributed by atoms with E-state index in [0.29, 0.717) is 24.3 Å². The lowest BCUT2D eigenvalue weighted by molar-refractivity contribution is 0.184. The van der Waals surface area contributed by atoms with Gasteiger partial charge in [0.05, 0.1) is 17.9 Å². The van der Waals surface area contributed by atoms with Crippen LogP contribution in [0.4, 0.5) is 0 Å². The van der Waals surface area contributed by atoms with E-state index in [1.165, 1.54) is 0 Å². The molecule has 6 heteroatoms. The lowest BCUT2D eigenvalue weighted by atomic mass is 10.1. The van der Waals surface area contributed by atoms with Gasteiger partial charge < -0.3 is 4.74 Å². The van der Waals surface area contributed by atoms with Crippen LogP contribution in [0.2, 0.25) is 5.15 Å². The number of nitrogens with zero attached hydrogens (tertiary/aromatic N) is 1. The predicted molar refractivity (Wildman–Crippen MR) is 82.4 cm³/mol. The number of benzene rings is 1. The Kier molecular flexibility index (Phi) is 4.98. The van der Waals surface area contributed by atoms with Crippen LogP contribution in [-0.2, 0) is 17.8 Å². The molecule has 1 aromatic carbocycles. The molecule has 0 aliphatic carbocycles. The number of hydrogen-bond acceptors (Lipinski definition) is 3. The number of halogens is 1. The van der Waals surface area contributed by atoms with Gasteiger partial charge in [0.15, 0.2) is 0 Å². The standard InChI is InChI=1S/C15H17ClN2O3/c1-3-6-11-13(16)17-15(20)18(14(11)19)12-8-5-4-7-10(12)9-21-2/h4-5,7-8H,3,6,9H2,1-2H3,(H,17,20). The van der Waals surface area contributed by atoms with Crippen molar-refractivity contribution in [2.75, 3.05) is 7.11 Å². The van der Waals surface area contributed by atoms with Gasteiger partial charge >= 0.3 is 5.69 Å². The zero-order valence-electron chi connectivity index (χ0n) is 12.0. The number of hydrogen-bond donors (Lipinski definition) is 1. The highest BCUT2D eigenvalue weighted by Gasteiger charge is 2.15. The van der Waals surface area contributed by atoms with Crippen molar-refractivity contribution in [3.63, 3.8) is 0 Å². The van der Waals surface area contributed by atoms with Crippen molar-refractivity contribution in [1.82, 2.24) is 9.55 Å². The third-order valence-corrected chi connectivity index (χ3v) is 3.50. The SMILES string of the molecule is CCCc1c(Cl)[nH]c(=O)n(-c2ccccc2COC)c1=O. The molecule has 2 rings (SSSR count). The molecule has 1 heterocycles. The highest BCUT2D eigenvalue weighted by Crippen LogP contribution is 2.14. The Morgan fingerprint density at radius 2 is 2.00 bits per heavy atom. The summed E-state index contributed by atoms with van der Waals surface area (Å²) in [6.07, 6.45) is 1.28. The van der Waals surface area contributed by atoms with Crippen molar-refractivity contribution in [3.05, 3.63) is 61.4 Å². The summed E-state index contributed by atoms with van der Waals surface area (Å²) in [6.45, 7) is 2.26. The van der Waals surface area contributed by atoms with Crippen molar-refractivity contribution in [2.24, 2.45) is 0 Å². The predicted octanol–water partition coefficient (Wildman–Crippen LogP) is 2.28. The van der Waals surface area contributed by atoms with E-state index in [0.717, 1.165) is 16.6 Å². The Labute approximate surface area is 127 Å². The number of aromatic amines is 1. The van der Waals surface area contributed by atoms with Crippen molar-refractivity contribution < 1.29 is 4.74 Å². The summed E-state index contributed by atoms with van der Waals surface area (Å²) >= 11 is 5.98. The van der Waals surface area contributed by atoms with Gasteiger partial charge in [-0.1, -0.05) is 43.1 Å². The molecule has 1 aromatic heterocycles. The fourth-order valence-electron chi connectivity index (χ4n) is 2.24. The van der Waals surface area contributed by atoms with E-state index in [4.69, 9.17) is 16.3 Å². The maximum atomic E-state index is 12.6. The van der Waals surface area contributed by atoms with Gasteiger partial charge in [0.1, 0.15) is 5.15 Å². The average Bonchev–Trinajstić information content (AvgIpc) is 2.45. The Bertz CT molecular complexity index is 749. The highest BCUT2D eigenvalue weighted by atomic mass is 35.5. The molecule has 0 unspecified atom stereocenters. The summed E-state index contributed by atoms with van der Waals surface area (Å²) in [7, 11) is 1.56. The van der Waals surface area contributed by atoms with E-state index in [2.05, 4.69) is 4.98 Å². The Hall–Kier alpha value is -1.85. The molecule has 0 saturated heterocycles. The number of rotatable bonds is 5. The normalized spacial score (nSPS) is 10.8. The van der Waals surface area contributed by atoms with Gasteiger partial charge in [-0.3, -0.25) is 9.78 Å². The highest BCUT2D eigenvalue weighted by molar-refractivity contribution is 6.30. The van der Waals surface area contributed by atoms with Gasteiger partial charge in [-0.15, -0.1) is 0 Å². The Balaban J connectivity index is 2.73. The van der Waals surface area contributed by atoms with E-state index < -0.39 is 5.69 Å². The third-order valence-electron chi connectivity index (χ3n) is 3.18. The first-order valence-electron chi connectivity index (χ1n) is 6.71. The molecule has 0 fully saturated rings. The number of methoxy groups -OCH3 is 1. The number of aromatic nitrogens is 2. The van der Waals surface area contributed by atoms with Crippen LogP contribution < -0.4 is 11.2 Å². The molecule has 112 valence electrons. The van der Waals surface area contributed by atoms with Crippen LogP contribution in [0.3, 0.4) is 0 Å². The third kappa shape index (κ3) is 3.09. The van der Waals surface area contributed by atoms with Crippen LogP contribution in [0.1, 0.15) is 24.5 Å². The van der Waals surface area contributed by atoms with Gasteiger partial charge in [0.2, 0.25) is 0 Å². The minimum Gasteiger partial charge on any atom is -0.380 e. The first-order valence-corrected chi connectivity index (χ1v) is 7.08. The molecule has 0 aliphatic heterocycles. The second kappa shape index (κ2) is 6.74. The van der Waals surface area contributed by atoms with Crippen molar-refractivity contribution in [2.45, 2.75) is 26.4 Å². The molecular weight excluding hydrogens is 292 g/mol. The van der Waals surface area contributed by atoms with Crippen LogP contribution in [-0.4, -0.2) is 16.7 Å². The fraction of sp³-hybridized carbons (Fsp3) is 0.333. The number of ether oxygens (including phenoxy) is 1. The fourth-order valence-corrected chi connectivity index (χ4v) is 2.49. The van der Waals surface area contributed by atoms with E-state index >= 15 is 0 Å². The number of nitrogens with one attached hydrogen (secondary N) is 1. The van der Waals surface area contributed by atoms with Gasteiger partial charge in [0.25, 0.3) is 5.56 Å². The molecule has 0 aliphatic rings. The average molecular weight is 309 g/mol. The van der Waals surface area contributed by atoms with Gasteiger partial charge in [0, 0.05) is 12.7 Å². The minimum absolute atomic E-state index is 0.118. The maximum Gasteiger partial charge on any atom is 0.334 e. The van der Waals surface area contributed by atoms with Crippen molar-refractivity contribution >= 4 is 11.6 Å². The molecule has 0 atom stereocenters. The maximum absolute atomic E-state index is 12.6. The molecule has 0 saturated carbocycles. The van der Waals surface area contributed by atoms with Crippen LogP contribution in [0.25, 0.3) is 5.69 Å². The zero-order chi connectivity index (χ0) is 15.4. The number of para-hydroxylation sites is 1. The lowest BCUT2D eigenvalue weighted by Crippen LogP contribution is -2.36. The number of H-pyrrole nitrogens is 1. The molecule has 0 spiro atoms. The Morgan fingerprint density at radius 3 is 2.67 bits per heavy atom. The first kappa shape index (κ1) is 15.5. The van der Waals surface area contributed by atoms with E-state index in [9.17, 15) is 9.59 Å². The minimum atomic E-state index is -0.548. The van der Waals surface area contributed by atoms with Crippen molar-refractivity contribution in [3.8, 4) is 5.69 Å². The largest absolute Gasteiger partial charge is 0.380 e. The summed E-state index contributed by atoms with van der Waals surface area (Å²) in [6, 6.07) is 7.14. The lowest BCUT2D eigenvalue weighted by Gasteiger charge is -2.12. The molecule has 1 N–H and O–H groups in total. The topological polar surface area (TPSA) is 64.1 Å². The summed E-state index contributed by atoms with van der Waals surface area (Å²) in [4.78, 5) is 27.3. The zero-order valence-corrected chi connectivity index (χ0v) is 12.7. The molecule has 0 radical (unpaired) electrons. The second-order valence-electron chi connectivity index (χ2n) is 4.67. The van der Waals surface area contributed by atoms with Crippen LogP contribution in [0.5, 0.6) is 0 Å². The first-order chi connectivity index (χ1) is 10.1. The van der Waals surface area contributed by atoms with Crippen molar-refractivity contribution in [1.29, 1.82) is 0 Å². The molecule has 2 aromatic rings. The summed E-state index contributed by atoms with van der Waals surface area (Å²) < 4.78 is 6.23. The molecule has 5 nitrogen and oxygen atoms in total. The van der Waals surface area contributed by atoms with Gasteiger partial charge in [-0.2, -0.15) is 0 Å². The molecule has 0 amide bonds. The van der Waals surface area contributed by atoms with Crippen LogP contribution in [0, 0.1) is 0 Å². The molecule has 0 bridgehead atoms. The van der Waals surface area contributed by atoms with E-state index in [1.54, 1.807) is 19.2 Å². The van der Waals surface area contributed by atoms with E-state index in [-0.39, 0.29) is 10.7 Å². The van der Waals surface area contributed by atoms with E-state index in [1.807, 2.05) is 19.1 Å². The summed E-state index contributed by atoms with van der Waals surface area (Å²) in [5, 5.41) is 0.118. The molecule has 21 heavy (non-hydrogen) atoms. The van der Waals surface area contributed by atoms with Crippen LogP contribution >= 0.6 is 11.6 Å².